The fraction of sp³-hybridized carbons (Fsp3) is 0. The van der Waals surface area contributed by atoms with E-state index in [0.717, 1.165) is 0 Å². The number of benzene rings is 2. The first-order valence-electron chi connectivity index (χ1n) is 7.81. The molecule has 0 spiro atoms. The number of nitrogens with one attached hydrogen (secondary N) is 2. The molecule has 0 aliphatic carbocycles. The van der Waals surface area contributed by atoms with Crippen LogP contribution in [0.4, 0.5) is 10.1 Å². The summed E-state index contributed by atoms with van der Waals surface area (Å²) in [4.78, 5) is 23.4. The average Bonchev–Trinajstić information content (AvgIpc) is 3.06. The molecule has 6 nitrogen and oxygen atoms in total. The number of aromatic amines is 1. The predicted octanol–water partition coefficient (Wildman–Crippen LogP) is 4.14. The van der Waals surface area contributed by atoms with Crippen LogP contribution >= 0.6 is 0 Å². The van der Waals surface area contributed by atoms with E-state index in [9.17, 15) is 9.18 Å². The van der Waals surface area contributed by atoms with Crippen LogP contribution in [0.3, 0.4) is 0 Å². The van der Waals surface area contributed by atoms with Crippen molar-refractivity contribution in [3.05, 3.63) is 78.6 Å². The van der Waals surface area contributed by atoms with Crippen LogP contribution in [0, 0.1) is 5.82 Å². The number of amides is 1. The van der Waals surface area contributed by atoms with Crippen molar-refractivity contribution in [1.82, 2.24) is 15.0 Å². The van der Waals surface area contributed by atoms with E-state index in [4.69, 9.17) is 4.74 Å². The van der Waals surface area contributed by atoms with E-state index in [0.29, 0.717) is 33.9 Å². The third kappa shape index (κ3) is 3.36. The summed E-state index contributed by atoms with van der Waals surface area (Å²) in [5.41, 5.74) is 1.59. The molecule has 128 valence electrons. The summed E-state index contributed by atoms with van der Waals surface area (Å²) in [7, 11) is 0. The molecular weight excluding hydrogens is 335 g/mol. The Morgan fingerprint density at radius 2 is 2.04 bits per heavy atom. The van der Waals surface area contributed by atoms with Gasteiger partial charge in [0.25, 0.3) is 5.91 Å². The third-order valence-corrected chi connectivity index (χ3v) is 3.68. The SMILES string of the molecule is O=C(Nc1cccc(Oc2cnccn2)c1)c1cc2cc(F)ccc2[nH]1. The van der Waals surface area contributed by atoms with Crippen LogP contribution in [0.5, 0.6) is 11.6 Å². The maximum absolute atomic E-state index is 13.3. The number of hydrogen-bond acceptors (Lipinski definition) is 4. The number of ether oxygens (including phenoxy) is 1. The van der Waals surface area contributed by atoms with Gasteiger partial charge in [-0.15, -0.1) is 0 Å². The smallest absolute Gasteiger partial charge is 0.272 e. The van der Waals surface area contributed by atoms with E-state index < -0.39 is 0 Å². The number of aromatic nitrogens is 3. The van der Waals surface area contributed by atoms with Crippen LogP contribution in [0.25, 0.3) is 10.9 Å². The molecule has 26 heavy (non-hydrogen) atoms. The minimum Gasteiger partial charge on any atom is -0.437 e. The Balaban J connectivity index is 1.52. The fourth-order valence-corrected chi connectivity index (χ4v) is 2.52. The zero-order valence-electron chi connectivity index (χ0n) is 13.4. The number of H-pyrrole nitrogens is 1. The minimum absolute atomic E-state index is 0.335. The highest BCUT2D eigenvalue weighted by atomic mass is 19.1. The Labute approximate surface area is 147 Å². The van der Waals surface area contributed by atoms with Crippen LogP contribution in [0.1, 0.15) is 10.5 Å². The van der Waals surface area contributed by atoms with E-state index in [2.05, 4.69) is 20.3 Å². The number of fused-ring (bicyclic) bond motifs is 1. The quantitative estimate of drug-likeness (QED) is 0.581. The molecule has 7 heteroatoms. The summed E-state index contributed by atoms with van der Waals surface area (Å²) in [6.45, 7) is 0. The molecule has 2 heterocycles. The molecule has 4 rings (SSSR count). The average molecular weight is 348 g/mol. The molecule has 0 radical (unpaired) electrons. The normalized spacial score (nSPS) is 10.7. The lowest BCUT2D eigenvalue weighted by Gasteiger charge is -2.07. The van der Waals surface area contributed by atoms with E-state index in [1.807, 2.05) is 0 Å². The van der Waals surface area contributed by atoms with Crippen LogP contribution in [0.2, 0.25) is 0 Å². The summed E-state index contributed by atoms with van der Waals surface area (Å²) in [6, 6.07) is 12.8. The molecule has 0 bridgehead atoms. The van der Waals surface area contributed by atoms with Gasteiger partial charge in [-0.25, -0.2) is 9.37 Å². The second-order valence-electron chi connectivity index (χ2n) is 5.54. The summed E-state index contributed by atoms with van der Waals surface area (Å²) in [5.74, 6) is 0.186. The van der Waals surface area contributed by atoms with Crippen molar-refractivity contribution in [2.45, 2.75) is 0 Å². The van der Waals surface area contributed by atoms with Gasteiger partial charge in [-0.2, -0.15) is 0 Å². The Kier molecular flexibility index (Phi) is 4.03. The fourth-order valence-electron chi connectivity index (χ4n) is 2.52. The summed E-state index contributed by atoms with van der Waals surface area (Å²) >= 11 is 0. The van der Waals surface area contributed by atoms with Gasteiger partial charge in [0.2, 0.25) is 5.88 Å². The molecule has 4 aromatic rings. The summed E-state index contributed by atoms with van der Waals surface area (Å²) < 4.78 is 18.9. The monoisotopic (exact) mass is 348 g/mol. The molecule has 2 aromatic heterocycles. The summed E-state index contributed by atoms with van der Waals surface area (Å²) in [5, 5.41) is 3.41. The van der Waals surface area contributed by atoms with Crippen molar-refractivity contribution in [2.75, 3.05) is 5.32 Å². The first-order chi connectivity index (χ1) is 12.7. The molecule has 0 saturated heterocycles. The molecule has 0 unspecified atom stereocenters. The Morgan fingerprint density at radius 1 is 1.12 bits per heavy atom. The van der Waals surface area contributed by atoms with Crippen LogP contribution < -0.4 is 10.1 Å². The third-order valence-electron chi connectivity index (χ3n) is 3.68. The zero-order chi connectivity index (χ0) is 17.9. The number of carbonyl (C=O) groups excluding carboxylic acids is 1. The van der Waals surface area contributed by atoms with Crippen molar-refractivity contribution in [2.24, 2.45) is 0 Å². The second kappa shape index (κ2) is 6.64. The van der Waals surface area contributed by atoms with Crippen molar-refractivity contribution in [3.8, 4) is 11.6 Å². The number of nitrogens with zero attached hydrogens (tertiary/aromatic N) is 2. The number of anilines is 1. The Bertz CT molecular complexity index is 1080. The predicted molar refractivity (Wildman–Crippen MR) is 94.8 cm³/mol. The van der Waals surface area contributed by atoms with Crippen molar-refractivity contribution < 1.29 is 13.9 Å². The van der Waals surface area contributed by atoms with E-state index in [-0.39, 0.29) is 11.7 Å². The van der Waals surface area contributed by atoms with E-state index in [1.165, 1.54) is 24.5 Å². The lowest BCUT2D eigenvalue weighted by atomic mass is 10.2. The highest BCUT2D eigenvalue weighted by Gasteiger charge is 2.11. The molecular formula is C19H13FN4O2. The molecule has 1 amide bonds. The number of carbonyl (C=O) groups is 1. The van der Waals surface area contributed by atoms with Gasteiger partial charge >= 0.3 is 0 Å². The first-order valence-corrected chi connectivity index (χ1v) is 7.81. The standard InChI is InChI=1S/C19H13FN4O2/c20-13-4-5-16-12(8-13)9-17(24-16)19(25)23-14-2-1-3-15(10-14)26-18-11-21-6-7-22-18/h1-11,24H,(H,23,25). The van der Waals surface area contributed by atoms with Crippen molar-refractivity contribution in [1.29, 1.82) is 0 Å². The van der Waals surface area contributed by atoms with Crippen LogP contribution in [-0.2, 0) is 0 Å². The molecule has 0 aliphatic heterocycles. The minimum atomic E-state index is -0.350. The molecule has 0 atom stereocenters. The van der Waals surface area contributed by atoms with Crippen LogP contribution in [-0.4, -0.2) is 20.9 Å². The Morgan fingerprint density at radius 3 is 2.88 bits per heavy atom. The molecule has 2 N–H and O–H groups in total. The van der Waals surface area contributed by atoms with Gasteiger partial charge in [0.05, 0.1) is 6.20 Å². The topological polar surface area (TPSA) is 79.9 Å². The zero-order valence-corrected chi connectivity index (χ0v) is 13.4. The van der Waals surface area contributed by atoms with Gasteiger partial charge in [0.1, 0.15) is 17.3 Å². The molecule has 0 fully saturated rings. The molecule has 2 aromatic carbocycles. The largest absolute Gasteiger partial charge is 0.437 e. The number of rotatable bonds is 4. The first kappa shape index (κ1) is 15.8. The maximum atomic E-state index is 13.3. The molecule has 0 saturated carbocycles. The van der Waals surface area contributed by atoms with Gasteiger partial charge < -0.3 is 15.0 Å². The van der Waals surface area contributed by atoms with Gasteiger partial charge in [-0.1, -0.05) is 6.07 Å². The van der Waals surface area contributed by atoms with E-state index in [1.54, 1.807) is 42.6 Å². The molecule has 0 aliphatic rings. The summed E-state index contributed by atoms with van der Waals surface area (Å²) in [6.07, 6.45) is 4.57. The van der Waals surface area contributed by atoms with E-state index >= 15 is 0 Å². The lowest BCUT2D eigenvalue weighted by molar-refractivity contribution is 0.102. The maximum Gasteiger partial charge on any atom is 0.272 e. The van der Waals surface area contributed by atoms with Gasteiger partial charge in [0.15, 0.2) is 0 Å². The Hall–Kier alpha value is -3.74. The number of hydrogen-bond donors (Lipinski definition) is 2. The van der Waals surface area contributed by atoms with Gasteiger partial charge in [-0.05, 0) is 36.4 Å². The highest BCUT2D eigenvalue weighted by Crippen LogP contribution is 2.23. The lowest BCUT2D eigenvalue weighted by Crippen LogP contribution is -2.12. The van der Waals surface area contributed by atoms with Gasteiger partial charge in [-0.3, -0.25) is 9.78 Å². The van der Waals surface area contributed by atoms with Gasteiger partial charge in [0, 0.05) is 35.1 Å². The second-order valence-corrected chi connectivity index (χ2v) is 5.54. The number of halogens is 1. The van der Waals surface area contributed by atoms with Crippen molar-refractivity contribution in [3.63, 3.8) is 0 Å². The highest BCUT2D eigenvalue weighted by molar-refractivity contribution is 6.06. The van der Waals surface area contributed by atoms with Crippen LogP contribution in [0.15, 0.2) is 67.1 Å². The van der Waals surface area contributed by atoms with Crippen molar-refractivity contribution >= 4 is 22.5 Å².